The van der Waals surface area contributed by atoms with Gasteiger partial charge in [-0.1, -0.05) is 12.1 Å². The Kier molecular flexibility index (Phi) is 21.6. The number of hydrogen-bond donors (Lipinski definition) is 2. The van der Waals surface area contributed by atoms with Gasteiger partial charge in [0.15, 0.2) is 0 Å². The van der Waals surface area contributed by atoms with E-state index in [1.807, 2.05) is 17.5 Å². The Bertz CT molecular complexity index is 1280. The molecule has 6 N–H and O–H groups in total. The number of nitrogens with one attached hydrogen (secondary N) is 1. The fraction of sp³-hybridized carbons (Fsp3) is 0.154. The van der Waals surface area contributed by atoms with Gasteiger partial charge in [-0.25, -0.2) is 17.6 Å². The van der Waals surface area contributed by atoms with Crippen LogP contribution in [0.25, 0.3) is 0 Å². The predicted octanol–water partition coefficient (Wildman–Crippen LogP) is 2.59. The summed E-state index contributed by atoms with van der Waals surface area (Å²) in [7, 11) is 0. The average Bonchev–Trinajstić information content (AvgIpc) is 3.54. The molecule has 40 heavy (non-hydrogen) atoms. The van der Waals surface area contributed by atoms with E-state index in [-0.39, 0.29) is 51.6 Å². The van der Waals surface area contributed by atoms with Crippen LogP contribution < -0.4 is 40.6 Å². The summed E-state index contributed by atoms with van der Waals surface area (Å²) in [4.78, 5) is 24.5. The van der Waals surface area contributed by atoms with Gasteiger partial charge in [-0.3, -0.25) is 9.59 Å². The Hall–Kier alpha value is -2.13. The second-order valence-electron chi connectivity index (χ2n) is 7.23. The van der Waals surface area contributed by atoms with Gasteiger partial charge in [-0.05, 0) is 78.1 Å². The zero-order valence-electron chi connectivity index (χ0n) is 21.3. The first-order valence-electron chi connectivity index (χ1n) is 10.8. The Balaban J connectivity index is 0. The van der Waals surface area contributed by atoms with Crippen LogP contribution in [0.15, 0.2) is 71.4 Å². The standard InChI is InChI=1S/C13H11F2NOS.C7H3ClF2O.C6H9NS.Na.2H2O/c14-9-3-4-11(12(15)8-9)13(17)16-6-5-10-2-1-7-18-10;8-7(11)5-2-1-4(9)3-6(5)10;7-4-3-6-2-1-5-8-6;;;/h1-4,7-8H,5-6H2,(H,16,17);1-3H;1-2,5H,3-4,7H2;;2*1H2/q;;;+1;;/p-1. The van der Waals surface area contributed by atoms with Crippen molar-refractivity contribution >= 4 is 45.4 Å². The Morgan fingerprint density at radius 1 is 0.800 bits per heavy atom. The van der Waals surface area contributed by atoms with Crippen molar-refractivity contribution in [2.75, 3.05) is 13.1 Å². The van der Waals surface area contributed by atoms with Crippen molar-refractivity contribution in [3.05, 3.63) is 116 Å². The molecule has 0 saturated carbocycles. The number of halogens is 5. The predicted molar refractivity (Wildman–Crippen MR) is 146 cm³/mol. The van der Waals surface area contributed by atoms with Gasteiger partial charge in [-0.2, -0.15) is 0 Å². The number of thiophene rings is 2. The minimum absolute atomic E-state index is 0. The molecule has 0 aliphatic rings. The summed E-state index contributed by atoms with van der Waals surface area (Å²) >= 11 is 8.33. The van der Waals surface area contributed by atoms with Crippen LogP contribution in [0.4, 0.5) is 17.6 Å². The number of rotatable bonds is 7. The fourth-order valence-corrected chi connectivity index (χ4v) is 4.36. The minimum Gasteiger partial charge on any atom is -0.870 e. The van der Waals surface area contributed by atoms with Crippen molar-refractivity contribution in [3.63, 3.8) is 0 Å². The first-order chi connectivity index (χ1) is 17.7. The quantitative estimate of drug-likeness (QED) is 0.185. The Morgan fingerprint density at radius 3 is 1.68 bits per heavy atom. The molecule has 0 unspecified atom stereocenters. The molecule has 0 fully saturated rings. The molecule has 2 heterocycles. The summed E-state index contributed by atoms with van der Waals surface area (Å²) in [6, 6.07) is 13.6. The second-order valence-corrected chi connectivity index (χ2v) is 9.63. The summed E-state index contributed by atoms with van der Waals surface area (Å²) in [6.07, 6.45) is 1.73. The molecular formula is C26H26ClF4N2NaO4S2. The average molecular weight is 629 g/mol. The Morgan fingerprint density at radius 2 is 1.27 bits per heavy atom. The van der Waals surface area contributed by atoms with Crippen molar-refractivity contribution in [2.24, 2.45) is 5.73 Å². The molecule has 14 heteroatoms. The van der Waals surface area contributed by atoms with E-state index >= 15 is 0 Å². The molecule has 0 spiro atoms. The molecule has 6 nitrogen and oxygen atoms in total. The monoisotopic (exact) mass is 628 g/mol. The minimum atomic E-state index is -0.940. The van der Waals surface area contributed by atoms with E-state index < -0.39 is 34.4 Å². The van der Waals surface area contributed by atoms with Crippen LogP contribution in [-0.2, 0) is 12.8 Å². The number of amides is 1. The molecule has 1 amide bonds. The van der Waals surface area contributed by atoms with Crippen molar-refractivity contribution in [1.82, 2.24) is 5.32 Å². The van der Waals surface area contributed by atoms with Crippen molar-refractivity contribution in [3.8, 4) is 0 Å². The number of carbonyl (C=O) groups excluding carboxylic acids is 2. The summed E-state index contributed by atoms with van der Waals surface area (Å²) in [5.74, 6) is -3.73. The topological polar surface area (TPSA) is 134 Å². The van der Waals surface area contributed by atoms with Crippen LogP contribution in [0.5, 0.6) is 0 Å². The van der Waals surface area contributed by atoms with Crippen molar-refractivity contribution in [1.29, 1.82) is 0 Å². The van der Waals surface area contributed by atoms with E-state index in [0.29, 0.717) is 25.1 Å². The van der Waals surface area contributed by atoms with E-state index in [1.165, 1.54) is 4.88 Å². The summed E-state index contributed by atoms with van der Waals surface area (Å²) in [5, 5.41) is 5.70. The van der Waals surface area contributed by atoms with E-state index in [1.54, 1.807) is 22.7 Å². The van der Waals surface area contributed by atoms with Crippen LogP contribution in [-0.4, -0.2) is 35.2 Å². The van der Waals surface area contributed by atoms with Gasteiger partial charge in [0.2, 0.25) is 0 Å². The van der Waals surface area contributed by atoms with Crippen LogP contribution >= 0.6 is 34.3 Å². The largest absolute Gasteiger partial charge is 1.00 e. The molecule has 0 atom stereocenters. The SMILES string of the molecule is NCCc1cccs1.O.O=C(Cl)c1ccc(F)cc1F.O=C(NCCc1cccs1)c1ccc(F)cc1F.[Na+].[OH-]. The molecule has 0 saturated heterocycles. The van der Waals surface area contributed by atoms with Crippen molar-refractivity contribution in [2.45, 2.75) is 12.8 Å². The Labute approximate surface area is 264 Å². The van der Waals surface area contributed by atoms with E-state index in [9.17, 15) is 27.2 Å². The smallest absolute Gasteiger partial charge is 0.870 e. The third-order valence-electron chi connectivity index (χ3n) is 4.53. The van der Waals surface area contributed by atoms with Gasteiger partial charge in [0.25, 0.3) is 11.1 Å². The number of benzene rings is 2. The molecular weight excluding hydrogens is 603 g/mol. The zero-order chi connectivity index (χ0) is 27.2. The molecule has 0 aliphatic heterocycles. The molecule has 0 bridgehead atoms. The van der Waals surface area contributed by atoms with Crippen LogP contribution in [0.2, 0.25) is 0 Å². The second kappa shape index (κ2) is 21.6. The number of nitrogens with two attached hydrogens (primary N) is 1. The van der Waals surface area contributed by atoms with E-state index in [0.717, 1.165) is 42.1 Å². The first kappa shape index (κ1) is 40.0. The number of hydrogen-bond acceptors (Lipinski definition) is 6. The fourth-order valence-electron chi connectivity index (χ4n) is 2.77. The molecule has 2 aromatic heterocycles. The van der Waals surface area contributed by atoms with Crippen LogP contribution in [0, 0.1) is 23.3 Å². The van der Waals surface area contributed by atoms with Crippen LogP contribution in [0.3, 0.4) is 0 Å². The zero-order valence-corrected chi connectivity index (χ0v) is 25.7. The van der Waals surface area contributed by atoms with E-state index in [2.05, 4.69) is 22.8 Å². The summed E-state index contributed by atoms with van der Waals surface area (Å²) in [5.41, 5.74) is 4.88. The maximum absolute atomic E-state index is 13.3. The third kappa shape index (κ3) is 14.5. The maximum atomic E-state index is 13.3. The van der Waals surface area contributed by atoms with Gasteiger partial charge in [-0.15, -0.1) is 22.7 Å². The normalized spacial score (nSPS) is 9.25. The molecule has 0 aliphatic carbocycles. The molecule has 212 valence electrons. The summed E-state index contributed by atoms with van der Waals surface area (Å²) in [6.45, 7) is 1.19. The van der Waals surface area contributed by atoms with E-state index in [4.69, 9.17) is 17.3 Å². The number of carbonyl (C=O) groups is 2. The van der Waals surface area contributed by atoms with Crippen LogP contribution in [0.1, 0.15) is 30.5 Å². The van der Waals surface area contributed by atoms with Gasteiger partial charge in [0, 0.05) is 28.4 Å². The van der Waals surface area contributed by atoms with Gasteiger partial charge in [0.1, 0.15) is 23.3 Å². The molecule has 4 aromatic rings. The van der Waals surface area contributed by atoms with Crippen molar-refractivity contribution < 1.29 is 67.7 Å². The third-order valence-corrected chi connectivity index (χ3v) is 6.60. The van der Waals surface area contributed by atoms with Gasteiger partial charge in [0.05, 0.1) is 11.1 Å². The molecule has 4 rings (SSSR count). The van der Waals surface area contributed by atoms with Gasteiger partial charge < -0.3 is 22.0 Å². The van der Waals surface area contributed by atoms with Gasteiger partial charge >= 0.3 is 29.6 Å². The molecule has 0 radical (unpaired) electrons. The summed E-state index contributed by atoms with van der Waals surface area (Å²) < 4.78 is 50.8. The first-order valence-corrected chi connectivity index (χ1v) is 13.0. The molecule has 2 aromatic carbocycles. The maximum Gasteiger partial charge on any atom is 1.00 e.